The summed E-state index contributed by atoms with van der Waals surface area (Å²) in [6, 6.07) is 18.8. The SMILES string of the molecule is COc1cc(Cn2ncc3ccccc32)c(Br)c2nc(-c3ccc(C(C)C)cc3)[nH]c12. The van der Waals surface area contributed by atoms with Crippen molar-refractivity contribution in [2.45, 2.75) is 26.3 Å². The maximum Gasteiger partial charge on any atom is 0.145 e. The molecule has 6 heteroatoms. The maximum absolute atomic E-state index is 5.71. The molecule has 31 heavy (non-hydrogen) atoms. The number of imidazole rings is 1. The van der Waals surface area contributed by atoms with Crippen LogP contribution in [-0.2, 0) is 6.54 Å². The first-order valence-corrected chi connectivity index (χ1v) is 11.1. The summed E-state index contributed by atoms with van der Waals surface area (Å²) in [6.45, 7) is 5.01. The largest absolute Gasteiger partial charge is 0.494 e. The summed E-state index contributed by atoms with van der Waals surface area (Å²) >= 11 is 3.79. The van der Waals surface area contributed by atoms with E-state index in [1.54, 1.807) is 7.11 Å². The summed E-state index contributed by atoms with van der Waals surface area (Å²) in [6.07, 6.45) is 1.90. The minimum absolute atomic E-state index is 0.500. The highest BCUT2D eigenvalue weighted by Crippen LogP contribution is 2.36. The number of nitrogens with one attached hydrogen (secondary N) is 1. The van der Waals surface area contributed by atoms with E-state index in [1.165, 1.54) is 5.56 Å². The van der Waals surface area contributed by atoms with Crippen LogP contribution in [0.3, 0.4) is 0 Å². The molecule has 0 atom stereocenters. The Balaban J connectivity index is 1.59. The second-order valence-corrected chi connectivity index (χ2v) is 8.79. The van der Waals surface area contributed by atoms with E-state index in [9.17, 15) is 0 Å². The number of rotatable bonds is 5. The third kappa shape index (κ3) is 3.51. The van der Waals surface area contributed by atoms with E-state index < -0.39 is 0 Å². The Morgan fingerprint density at radius 3 is 2.61 bits per heavy atom. The molecule has 0 spiro atoms. The van der Waals surface area contributed by atoms with Crippen LogP contribution in [0.1, 0.15) is 30.9 Å². The van der Waals surface area contributed by atoms with Crippen molar-refractivity contribution in [3.63, 3.8) is 0 Å². The topological polar surface area (TPSA) is 55.7 Å². The molecule has 0 aliphatic rings. The predicted molar refractivity (Wildman–Crippen MR) is 129 cm³/mol. The van der Waals surface area contributed by atoms with Crippen molar-refractivity contribution >= 4 is 37.9 Å². The first kappa shape index (κ1) is 19.8. The van der Waals surface area contributed by atoms with Crippen molar-refractivity contribution in [3.8, 4) is 17.1 Å². The average Bonchev–Trinajstić information content (AvgIpc) is 3.41. The van der Waals surface area contributed by atoms with Crippen LogP contribution in [-0.4, -0.2) is 26.9 Å². The lowest BCUT2D eigenvalue weighted by Crippen LogP contribution is -2.03. The van der Waals surface area contributed by atoms with E-state index >= 15 is 0 Å². The fourth-order valence-electron chi connectivity index (χ4n) is 3.91. The molecule has 3 aromatic carbocycles. The van der Waals surface area contributed by atoms with Gasteiger partial charge in [0.25, 0.3) is 0 Å². The average molecular weight is 475 g/mol. The Morgan fingerprint density at radius 1 is 1.10 bits per heavy atom. The number of fused-ring (bicyclic) bond motifs is 2. The van der Waals surface area contributed by atoms with Gasteiger partial charge in [-0.15, -0.1) is 0 Å². The maximum atomic E-state index is 5.71. The van der Waals surface area contributed by atoms with Crippen LogP contribution >= 0.6 is 15.9 Å². The molecule has 0 unspecified atom stereocenters. The molecular formula is C25H23BrN4O. The zero-order chi connectivity index (χ0) is 21.5. The predicted octanol–water partition coefficient (Wildman–Crippen LogP) is 6.52. The van der Waals surface area contributed by atoms with Crippen LogP contribution in [0.4, 0.5) is 0 Å². The van der Waals surface area contributed by atoms with Crippen molar-refractivity contribution in [2.75, 3.05) is 7.11 Å². The van der Waals surface area contributed by atoms with E-state index in [0.717, 1.165) is 49.1 Å². The van der Waals surface area contributed by atoms with Gasteiger partial charge in [0.15, 0.2) is 0 Å². The van der Waals surface area contributed by atoms with Crippen LogP contribution in [0.2, 0.25) is 0 Å². The van der Waals surface area contributed by atoms with E-state index in [1.807, 2.05) is 29.1 Å². The van der Waals surface area contributed by atoms with E-state index in [4.69, 9.17) is 9.72 Å². The lowest BCUT2D eigenvalue weighted by Gasteiger charge is -2.10. The van der Waals surface area contributed by atoms with E-state index in [-0.39, 0.29) is 0 Å². The van der Waals surface area contributed by atoms with Gasteiger partial charge < -0.3 is 9.72 Å². The number of aromatic amines is 1. The molecule has 0 aliphatic heterocycles. The van der Waals surface area contributed by atoms with Crippen LogP contribution in [0, 0.1) is 0 Å². The standard InChI is InChI=1S/C25H23BrN4O/c1-15(2)16-8-10-17(11-9-16)25-28-23-21(31-3)12-19(22(26)24(23)29-25)14-30-20-7-5-4-6-18(20)13-27-30/h4-13,15H,14H2,1-3H3,(H,28,29). The number of halogens is 1. The monoisotopic (exact) mass is 474 g/mol. The fourth-order valence-corrected chi connectivity index (χ4v) is 4.43. The van der Waals surface area contributed by atoms with E-state index in [0.29, 0.717) is 12.5 Å². The van der Waals surface area contributed by atoms with Crippen LogP contribution < -0.4 is 4.74 Å². The summed E-state index contributed by atoms with van der Waals surface area (Å²) in [5.41, 5.74) is 6.26. The fraction of sp³-hybridized carbons (Fsp3) is 0.200. The number of benzene rings is 3. The van der Waals surface area contributed by atoms with Gasteiger partial charge in [-0.2, -0.15) is 5.10 Å². The minimum Gasteiger partial charge on any atom is -0.494 e. The summed E-state index contributed by atoms with van der Waals surface area (Å²) in [4.78, 5) is 8.35. The Morgan fingerprint density at radius 2 is 1.87 bits per heavy atom. The molecule has 0 bridgehead atoms. The number of nitrogens with zero attached hydrogens (tertiary/aromatic N) is 3. The first-order valence-electron chi connectivity index (χ1n) is 10.3. The van der Waals surface area contributed by atoms with Gasteiger partial charge in [0.05, 0.1) is 29.8 Å². The molecule has 2 aromatic heterocycles. The van der Waals surface area contributed by atoms with Crippen molar-refractivity contribution in [1.82, 2.24) is 19.7 Å². The third-order valence-corrected chi connectivity index (χ3v) is 6.57. The lowest BCUT2D eigenvalue weighted by molar-refractivity contribution is 0.418. The highest BCUT2D eigenvalue weighted by molar-refractivity contribution is 9.10. The smallest absolute Gasteiger partial charge is 0.145 e. The second kappa shape index (κ2) is 7.85. The summed E-state index contributed by atoms with van der Waals surface area (Å²) in [5, 5.41) is 5.69. The van der Waals surface area contributed by atoms with Crippen molar-refractivity contribution in [1.29, 1.82) is 0 Å². The quantitative estimate of drug-likeness (QED) is 0.315. The van der Waals surface area contributed by atoms with Crippen molar-refractivity contribution in [3.05, 3.63) is 76.4 Å². The summed E-state index contributed by atoms with van der Waals surface area (Å²) < 4.78 is 8.66. The van der Waals surface area contributed by atoms with Gasteiger partial charge in [-0.1, -0.05) is 56.3 Å². The van der Waals surface area contributed by atoms with E-state index in [2.05, 4.69) is 76.3 Å². The number of hydrogen-bond acceptors (Lipinski definition) is 3. The molecule has 0 radical (unpaired) electrons. The highest BCUT2D eigenvalue weighted by Gasteiger charge is 2.17. The Labute approximate surface area is 189 Å². The highest BCUT2D eigenvalue weighted by atomic mass is 79.9. The Bertz CT molecular complexity index is 1380. The second-order valence-electron chi connectivity index (χ2n) is 8.00. The zero-order valence-electron chi connectivity index (χ0n) is 17.7. The molecule has 156 valence electrons. The lowest BCUT2D eigenvalue weighted by atomic mass is 10.0. The number of hydrogen-bond donors (Lipinski definition) is 1. The van der Waals surface area contributed by atoms with Crippen LogP contribution in [0.5, 0.6) is 5.75 Å². The van der Waals surface area contributed by atoms with Crippen LogP contribution in [0.15, 0.2) is 65.3 Å². The molecule has 5 aromatic rings. The number of aromatic nitrogens is 4. The molecule has 0 amide bonds. The van der Waals surface area contributed by atoms with Crippen LogP contribution in [0.25, 0.3) is 33.3 Å². The molecular weight excluding hydrogens is 452 g/mol. The molecule has 1 N–H and O–H groups in total. The van der Waals surface area contributed by atoms with Gasteiger partial charge in [-0.05, 0) is 45.1 Å². The van der Waals surface area contributed by atoms with Gasteiger partial charge >= 0.3 is 0 Å². The Hall–Kier alpha value is -3.12. The molecule has 0 aliphatic carbocycles. The molecule has 2 heterocycles. The minimum atomic E-state index is 0.500. The summed E-state index contributed by atoms with van der Waals surface area (Å²) in [7, 11) is 1.69. The summed E-state index contributed by atoms with van der Waals surface area (Å²) in [5.74, 6) is 2.09. The zero-order valence-corrected chi connectivity index (χ0v) is 19.3. The van der Waals surface area contributed by atoms with Gasteiger partial charge in [-0.3, -0.25) is 4.68 Å². The number of H-pyrrole nitrogens is 1. The van der Waals surface area contributed by atoms with Gasteiger partial charge in [0, 0.05) is 10.9 Å². The Kier molecular flexibility index (Phi) is 5.02. The molecule has 0 fully saturated rings. The van der Waals surface area contributed by atoms with Gasteiger partial charge in [0.1, 0.15) is 22.6 Å². The normalized spacial score (nSPS) is 11.6. The third-order valence-electron chi connectivity index (χ3n) is 5.69. The van der Waals surface area contributed by atoms with Crippen molar-refractivity contribution in [2.24, 2.45) is 0 Å². The van der Waals surface area contributed by atoms with Gasteiger partial charge in [0.2, 0.25) is 0 Å². The number of para-hydroxylation sites is 1. The molecule has 0 saturated carbocycles. The number of methoxy groups -OCH3 is 1. The first-order chi connectivity index (χ1) is 15.0. The van der Waals surface area contributed by atoms with Crippen molar-refractivity contribution < 1.29 is 4.74 Å². The number of ether oxygens (including phenoxy) is 1. The molecule has 5 nitrogen and oxygen atoms in total. The van der Waals surface area contributed by atoms with Gasteiger partial charge in [-0.25, -0.2) is 4.98 Å². The molecule has 0 saturated heterocycles. The molecule has 5 rings (SSSR count).